The molecule has 0 saturated carbocycles. The molecular weight excluding hydrogens is 226 g/mol. The van der Waals surface area contributed by atoms with Gasteiger partial charge in [0, 0.05) is 13.1 Å². The third-order valence-corrected chi connectivity index (χ3v) is 3.98. The van der Waals surface area contributed by atoms with Gasteiger partial charge in [0.2, 0.25) is 0 Å². The molecule has 2 N–H and O–H groups in total. The van der Waals surface area contributed by atoms with Crippen molar-refractivity contribution in [3.8, 4) is 0 Å². The Morgan fingerprint density at radius 2 is 2.22 bits per heavy atom. The van der Waals surface area contributed by atoms with Crippen LogP contribution in [-0.2, 0) is 0 Å². The predicted octanol–water partition coefficient (Wildman–Crippen LogP) is 1.34. The average Bonchev–Trinajstić information content (AvgIpc) is 2.40. The number of likely N-dealkylation sites (N-methyl/N-ethyl adjacent to an activating group) is 1. The van der Waals surface area contributed by atoms with Gasteiger partial charge in [-0.05, 0) is 38.4 Å². The number of hydrogen-bond donors (Lipinski definition) is 2. The first-order valence-electron chi connectivity index (χ1n) is 6.67. The molecule has 4 heteroatoms. The van der Waals surface area contributed by atoms with Crippen molar-refractivity contribution in [2.75, 3.05) is 24.5 Å². The first kappa shape index (κ1) is 11.5. The number of para-hydroxylation sites is 1. The lowest BCUT2D eigenvalue weighted by Gasteiger charge is -2.51. The molecule has 1 spiro atoms. The highest BCUT2D eigenvalue weighted by Crippen LogP contribution is 2.34. The van der Waals surface area contributed by atoms with Crippen LogP contribution in [-0.4, -0.2) is 31.2 Å². The second-order valence-corrected chi connectivity index (χ2v) is 5.03. The number of anilines is 1. The average molecular weight is 245 g/mol. The summed E-state index contributed by atoms with van der Waals surface area (Å²) in [7, 11) is 0. The Morgan fingerprint density at radius 1 is 1.39 bits per heavy atom. The minimum absolute atomic E-state index is 0.0546. The standard InChI is InChI=1S/C14H19N3O/c1-2-17-12-7-4-3-6-11(12)13(18)16-14(17)8-5-9-15-10-14/h3-4,6-7,15H,2,5,8-10H2,1H3,(H,16,18)/t14-/m0/s1. The van der Waals surface area contributed by atoms with Gasteiger partial charge < -0.3 is 15.5 Å². The SMILES string of the molecule is CCN1c2ccccc2C(=O)N[C@@]12CCCNC2. The fourth-order valence-corrected chi connectivity index (χ4v) is 3.18. The van der Waals surface area contributed by atoms with E-state index in [2.05, 4.69) is 22.5 Å². The number of rotatable bonds is 1. The van der Waals surface area contributed by atoms with Gasteiger partial charge in [-0.3, -0.25) is 4.79 Å². The van der Waals surface area contributed by atoms with Gasteiger partial charge in [0.1, 0.15) is 5.66 Å². The lowest BCUT2D eigenvalue weighted by Crippen LogP contribution is -2.70. The summed E-state index contributed by atoms with van der Waals surface area (Å²) < 4.78 is 0. The maximum absolute atomic E-state index is 12.3. The van der Waals surface area contributed by atoms with Crippen LogP contribution in [0.15, 0.2) is 24.3 Å². The van der Waals surface area contributed by atoms with E-state index in [4.69, 9.17) is 0 Å². The lowest BCUT2D eigenvalue weighted by molar-refractivity contribution is 0.0857. The van der Waals surface area contributed by atoms with Crippen molar-refractivity contribution in [3.05, 3.63) is 29.8 Å². The van der Waals surface area contributed by atoms with Crippen LogP contribution in [0.1, 0.15) is 30.1 Å². The van der Waals surface area contributed by atoms with E-state index in [0.717, 1.165) is 43.7 Å². The summed E-state index contributed by atoms with van der Waals surface area (Å²) in [6.45, 7) is 4.90. The predicted molar refractivity (Wildman–Crippen MR) is 71.8 cm³/mol. The first-order valence-corrected chi connectivity index (χ1v) is 6.67. The Balaban J connectivity index is 2.07. The molecule has 1 fully saturated rings. The maximum atomic E-state index is 12.3. The van der Waals surface area contributed by atoms with E-state index < -0.39 is 0 Å². The third-order valence-electron chi connectivity index (χ3n) is 3.98. The summed E-state index contributed by atoms with van der Waals surface area (Å²) in [5, 5.41) is 6.62. The Hall–Kier alpha value is -1.55. The third kappa shape index (κ3) is 1.60. The zero-order chi connectivity index (χ0) is 12.6. The van der Waals surface area contributed by atoms with Gasteiger partial charge in [-0.2, -0.15) is 0 Å². The molecule has 0 radical (unpaired) electrons. The summed E-state index contributed by atoms with van der Waals surface area (Å²) in [6, 6.07) is 7.87. The molecule has 1 saturated heterocycles. The van der Waals surface area contributed by atoms with Crippen molar-refractivity contribution in [1.29, 1.82) is 0 Å². The van der Waals surface area contributed by atoms with Crippen molar-refractivity contribution in [2.45, 2.75) is 25.4 Å². The van der Waals surface area contributed by atoms with Gasteiger partial charge in [-0.25, -0.2) is 0 Å². The highest BCUT2D eigenvalue weighted by Gasteiger charge is 2.43. The number of amides is 1. The van der Waals surface area contributed by atoms with E-state index in [1.54, 1.807) is 0 Å². The van der Waals surface area contributed by atoms with Gasteiger partial charge in [0.25, 0.3) is 5.91 Å². The molecule has 4 nitrogen and oxygen atoms in total. The van der Waals surface area contributed by atoms with Crippen molar-refractivity contribution >= 4 is 11.6 Å². The number of hydrogen-bond acceptors (Lipinski definition) is 3. The van der Waals surface area contributed by atoms with Crippen LogP contribution in [0.25, 0.3) is 0 Å². The zero-order valence-electron chi connectivity index (χ0n) is 10.7. The minimum Gasteiger partial charge on any atom is -0.347 e. The fraction of sp³-hybridized carbons (Fsp3) is 0.500. The summed E-state index contributed by atoms with van der Waals surface area (Å²) in [6.07, 6.45) is 2.10. The van der Waals surface area contributed by atoms with Gasteiger partial charge in [-0.1, -0.05) is 12.1 Å². The molecule has 1 aromatic rings. The van der Waals surface area contributed by atoms with E-state index in [9.17, 15) is 4.79 Å². The van der Waals surface area contributed by atoms with Crippen LogP contribution in [0.2, 0.25) is 0 Å². The zero-order valence-corrected chi connectivity index (χ0v) is 10.7. The molecule has 2 aliphatic heterocycles. The highest BCUT2D eigenvalue weighted by molar-refractivity contribution is 6.02. The van der Waals surface area contributed by atoms with Crippen LogP contribution in [0, 0.1) is 0 Å². The molecule has 2 aliphatic rings. The molecule has 0 unspecified atom stereocenters. The largest absolute Gasteiger partial charge is 0.347 e. The van der Waals surface area contributed by atoms with Crippen LogP contribution >= 0.6 is 0 Å². The second-order valence-electron chi connectivity index (χ2n) is 5.03. The van der Waals surface area contributed by atoms with Crippen molar-refractivity contribution in [1.82, 2.24) is 10.6 Å². The van der Waals surface area contributed by atoms with Gasteiger partial charge in [0.15, 0.2) is 0 Å². The maximum Gasteiger partial charge on any atom is 0.255 e. The molecule has 0 aliphatic carbocycles. The molecule has 18 heavy (non-hydrogen) atoms. The Kier molecular flexibility index (Phi) is 2.74. The Bertz CT molecular complexity index is 466. The highest BCUT2D eigenvalue weighted by atomic mass is 16.2. The second kappa shape index (κ2) is 4.28. The molecule has 1 aromatic carbocycles. The van der Waals surface area contributed by atoms with E-state index >= 15 is 0 Å². The molecule has 0 bridgehead atoms. The van der Waals surface area contributed by atoms with Crippen molar-refractivity contribution in [3.63, 3.8) is 0 Å². The molecule has 1 atom stereocenters. The normalized spacial score (nSPS) is 26.9. The first-order chi connectivity index (χ1) is 8.77. The number of piperidine rings is 1. The number of carbonyl (C=O) groups is 1. The van der Waals surface area contributed by atoms with E-state index in [-0.39, 0.29) is 11.6 Å². The number of nitrogens with one attached hydrogen (secondary N) is 2. The fourth-order valence-electron chi connectivity index (χ4n) is 3.18. The van der Waals surface area contributed by atoms with E-state index in [1.165, 1.54) is 0 Å². The van der Waals surface area contributed by atoms with Gasteiger partial charge in [-0.15, -0.1) is 0 Å². The smallest absolute Gasteiger partial charge is 0.255 e. The van der Waals surface area contributed by atoms with Crippen LogP contribution < -0.4 is 15.5 Å². The monoisotopic (exact) mass is 245 g/mol. The molecule has 2 heterocycles. The van der Waals surface area contributed by atoms with E-state index in [0.29, 0.717) is 0 Å². The topological polar surface area (TPSA) is 44.4 Å². The van der Waals surface area contributed by atoms with Crippen LogP contribution in [0.4, 0.5) is 5.69 Å². The minimum atomic E-state index is -0.238. The molecule has 0 aromatic heterocycles. The number of nitrogens with zero attached hydrogens (tertiary/aromatic N) is 1. The summed E-state index contributed by atoms with van der Waals surface area (Å²) >= 11 is 0. The molecule has 3 rings (SSSR count). The molecule has 96 valence electrons. The molecule has 1 amide bonds. The number of fused-ring (bicyclic) bond motifs is 1. The van der Waals surface area contributed by atoms with E-state index in [1.807, 2.05) is 24.3 Å². The summed E-state index contributed by atoms with van der Waals surface area (Å²) in [5.41, 5.74) is 1.61. The summed E-state index contributed by atoms with van der Waals surface area (Å²) in [4.78, 5) is 14.6. The van der Waals surface area contributed by atoms with Gasteiger partial charge >= 0.3 is 0 Å². The van der Waals surface area contributed by atoms with Crippen LogP contribution in [0.5, 0.6) is 0 Å². The number of carbonyl (C=O) groups excluding carboxylic acids is 1. The number of benzene rings is 1. The van der Waals surface area contributed by atoms with Crippen molar-refractivity contribution < 1.29 is 4.79 Å². The van der Waals surface area contributed by atoms with Crippen LogP contribution in [0.3, 0.4) is 0 Å². The lowest BCUT2D eigenvalue weighted by atomic mass is 9.92. The van der Waals surface area contributed by atoms with Crippen molar-refractivity contribution in [2.24, 2.45) is 0 Å². The quantitative estimate of drug-likeness (QED) is 0.784. The summed E-state index contributed by atoms with van der Waals surface area (Å²) in [5.74, 6) is 0.0546. The molecular formula is C14H19N3O. The Labute approximate surface area is 107 Å². The Morgan fingerprint density at radius 3 is 2.94 bits per heavy atom. The van der Waals surface area contributed by atoms with Gasteiger partial charge in [0.05, 0.1) is 11.3 Å².